The Labute approximate surface area is 209 Å². The molecule has 2 fully saturated rings. The maximum absolute atomic E-state index is 12.4. The van der Waals surface area contributed by atoms with E-state index in [9.17, 15) is 14.7 Å². The number of hydrogen-bond donors (Lipinski definition) is 1. The van der Waals surface area contributed by atoms with Crippen LogP contribution in [0.5, 0.6) is 0 Å². The number of carbonyl (C=O) groups excluding carboxylic acids is 2. The van der Waals surface area contributed by atoms with Crippen molar-refractivity contribution in [2.24, 2.45) is 11.8 Å². The van der Waals surface area contributed by atoms with Gasteiger partial charge in [-0.25, -0.2) is 0 Å². The Hall–Kier alpha value is -2.70. The Morgan fingerprint density at radius 2 is 1.49 bits per heavy atom. The molecule has 2 atom stereocenters. The van der Waals surface area contributed by atoms with Crippen LogP contribution >= 0.6 is 0 Å². The van der Waals surface area contributed by atoms with Crippen molar-refractivity contribution in [2.45, 2.75) is 51.6 Å². The van der Waals surface area contributed by atoms with E-state index in [1.807, 2.05) is 30.3 Å². The van der Waals surface area contributed by atoms with E-state index >= 15 is 0 Å². The number of rotatable bonds is 6. The Morgan fingerprint density at radius 3 is 2.11 bits per heavy atom. The molecule has 35 heavy (non-hydrogen) atoms. The standard InChI is InChI=1S/C15H19NO3.C14H21NO/c1-19-15(18)13-9-5-6-10-16(14(13)17)11-12-7-3-2-4-8-12;16-12-14-8-4-5-9-15(11-14)10-13-6-2-1-3-7-13/h2-4,7-8,13H,5-6,9-11H2,1H3;1-3,6-7,14,16H,4-5,8-12H2. The first-order valence-corrected chi connectivity index (χ1v) is 12.9. The highest BCUT2D eigenvalue weighted by Crippen LogP contribution is 2.21. The van der Waals surface area contributed by atoms with Gasteiger partial charge in [0.05, 0.1) is 7.11 Å². The number of hydrogen-bond acceptors (Lipinski definition) is 5. The molecular formula is C29H40N2O4. The van der Waals surface area contributed by atoms with Gasteiger partial charge in [-0.2, -0.15) is 0 Å². The Kier molecular flexibility index (Phi) is 11.3. The monoisotopic (exact) mass is 480 g/mol. The molecule has 6 heteroatoms. The van der Waals surface area contributed by atoms with Gasteiger partial charge in [-0.3, -0.25) is 14.5 Å². The van der Waals surface area contributed by atoms with Crippen LogP contribution in [0.4, 0.5) is 0 Å². The van der Waals surface area contributed by atoms with Crippen molar-refractivity contribution in [3.63, 3.8) is 0 Å². The molecule has 0 radical (unpaired) electrons. The highest BCUT2D eigenvalue weighted by molar-refractivity contribution is 5.97. The van der Waals surface area contributed by atoms with Crippen LogP contribution in [0, 0.1) is 11.8 Å². The number of carbonyl (C=O) groups is 2. The molecule has 4 rings (SSSR count). The number of methoxy groups -OCH3 is 1. The molecule has 2 aliphatic rings. The van der Waals surface area contributed by atoms with Crippen LogP contribution in [-0.4, -0.2) is 60.1 Å². The highest BCUT2D eigenvalue weighted by Gasteiger charge is 2.33. The zero-order chi connectivity index (χ0) is 24.9. The van der Waals surface area contributed by atoms with Crippen molar-refractivity contribution in [1.82, 2.24) is 9.80 Å². The molecule has 1 N–H and O–H groups in total. The Balaban J connectivity index is 0.000000198. The molecule has 2 unspecified atom stereocenters. The quantitative estimate of drug-likeness (QED) is 0.494. The summed E-state index contributed by atoms with van der Waals surface area (Å²) in [5.41, 5.74) is 2.46. The van der Waals surface area contributed by atoms with Crippen molar-refractivity contribution < 1.29 is 19.4 Å². The van der Waals surface area contributed by atoms with Gasteiger partial charge in [-0.05, 0) is 49.3 Å². The number of benzene rings is 2. The number of aliphatic hydroxyl groups is 1. The maximum Gasteiger partial charge on any atom is 0.318 e. The zero-order valence-corrected chi connectivity index (χ0v) is 21.0. The first-order chi connectivity index (χ1) is 17.1. The highest BCUT2D eigenvalue weighted by atomic mass is 16.5. The first-order valence-electron chi connectivity index (χ1n) is 12.9. The smallest absolute Gasteiger partial charge is 0.318 e. The lowest BCUT2D eigenvalue weighted by atomic mass is 10.0. The van der Waals surface area contributed by atoms with Crippen molar-refractivity contribution in [3.8, 4) is 0 Å². The normalized spacial score (nSPS) is 21.3. The van der Waals surface area contributed by atoms with Crippen LogP contribution in [0.2, 0.25) is 0 Å². The molecule has 1 amide bonds. The van der Waals surface area contributed by atoms with Crippen LogP contribution in [0.15, 0.2) is 60.7 Å². The number of esters is 1. The average molecular weight is 481 g/mol. The van der Waals surface area contributed by atoms with E-state index in [0.29, 0.717) is 32.0 Å². The number of nitrogens with zero attached hydrogens (tertiary/aromatic N) is 2. The number of amides is 1. The number of ether oxygens (including phenoxy) is 1. The molecule has 2 aromatic rings. The Morgan fingerprint density at radius 1 is 0.886 bits per heavy atom. The van der Waals surface area contributed by atoms with Crippen molar-refractivity contribution in [1.29, 1.82) is 0 Å². The summed E-state index contributed by atoms with van der Waals surface area (Å²) in [6, 6.07) is 20.4. The predicted molar refractivity (Wildman–Crippen MR) is 137 cm³/mol. The van der Waals surface area contributed by atoms with Gasteiger partial charge in [-0.15, -0.1) is 0 Å². The molecule has 2 heterocycles. The molecule has 2 aliphatic heterocycles. The fourth-order valence-electron chi connectivity index (χ4n) is 4.88. The van der Waals surface area contributed by atoms with E-state index in [4.69, 9.17) is 4.74 Å². The van der Waals surface area contributed by atoms with Crippen molar-refractivity contribution >= 4 is 11.9 Å². The maximum atomic E-state index is 12.4. The third-order valence-electron chi connectivity index (χ3n) is 6.84. The minimum atomic E-state index is -0.629. The van der Waals surface area contributed by atoms with Gasteiger partial charge in [0.2, 0.25) is 5.91 Å². The summed E-state index contributed by atoms with van der Waals surface area (Å²) in [5, 5.41) is 9.27. The lowest BCUT2D eigenvalue weighted by Crippen LogP contribution is -2.38. The predicted octanol–water partition coefficient (Wildman–Crippen LogP) is 4.27. The van der Waals surface area contributed by atoms with Gasteiger partial charge in [0.1, 0.15) is 5.92 Å². The Bertz CT molecular complexity index is 890. The van der Waals surface area contributed by atoms with Crippen molar-refractivity contribution in [2.75, 3.05) is 33.4 Å². The van der Waals surface area contributed by atoms with Crippen LogP contribution in [0.25, 0.3) is 0 Å². The van der Waals surface area contributed by atoms with Gasteiger partial charge >= 0.3 is 5.97 Å². The van der Waals surface area contributed by atoms with E-state index < -0.39 is 11.9 Å². The minimum absolute atomic E-state index is 0.104. The van der Waals surface area contributed by atoms with E-state index in [-0.39, 0.29) is 5.91 Å². The van der Waals surface area contributed by atoms with Gasteiger partial charge in [0, 0.05) is 32.8 Å². The molecule has 190 valence electrons. The fourth-order valence-corrected chi connectivity index (χ4v) is 4.88. The van der Waals surface area contributed by atoms with E-state index in [2.05, 4.69) is 35.2 Å². The topological polar surface area (TPSA) is 70.1 Å². The fraction of sp³-hybridized carbons (Fsp3) is 0.517. The zero-order valence-electron chi connectivity index (χ0n) is 21.0. The van der Waals surface area contributed by atoms with Crippen molar-refractivity contribution in [3.05, 3.63) is 71.8 Å². The second kappa shape index (κ2) is 14.6. The molecular weight excluding hydrogens is 440 g/mol. The molecule has 0 bridgehead atoms. The molecule has 2 aromatic carbocycles. The summed E-state index contributed by atoms with van der Waals surface area (Å²) in [7, 11) is 1.34. The van der Waals surface area contributed by atoms with Gasteiger partial charge in [0.15, 0.2) is 0 Å². The summed E-state index contributed by atoms with van der Waals surface area (Å²) >= 11 is 0. The number of aliphatic hydroxyl groups excluding tert-OH is 1. The number of likely N-dealkylation sites (tertiary alicyclic amines) is 2. The second-order valence-electron chi connectivity index (χ2n) is 9.58. The largest absolute Gasteiger partial charge is 0.468 e. The van der Waals surface area contributed by atoms with E-state index in [0.717, 1.165) is 31.5 Å². The van der Waals surface area contributed by atoms with Crippen LogP contribution in [0.1, 0.15) is 49.7 Å². The van der Waals surface area contributed by atoms with Gasteiger partial charge < -0.3 is 14.7 Å². The molecule has 0 spiro atoms. The third kappa shape index (κ3) is 8.79. The summed E-state index contributed by atoms with van der Waals surface area (Å²) in [6.07, 6.45) is 6.13. The summed E-state index contributed by atoms with van der Waals surface area (Å²) in [5.74, 6) is -0.666. The minimum Gasteiger partial charge on any atom is -0.468 e. The van der Waals surface area contributed by atoms with Crippen LogP contribution in [-0.2, 0) is 27.4 Å². The molecule has 0 aliphatic carbocycles. The molecule has 0 saturated carbocycles. The lowest BCUT2D eigenvalue weighted by molar-refractivity contribution is -0.153. The van der Waals surface area contributed by atoms with E-state index in [1.54, 1.807) is 4.90 Å². The molecule has 0 aromatic heterocycles. The summed E-state index contributed by atoms with van der Waals surface area (Å²) < 4.78 is 4.73. The van der Waals surface area contributed by atoms with E-state index in [1.165, 1.54) is 38.5 Å². The average Bonchev–Trinajstić information content (AvgIpc) is 3.23. The van der Waals surface area contributed by atoms with Gasteiger partial charge in [-0.1, -0.05) is 73.5 Å². The summed E-state index contributed by atoms with van der Waals surface area (Å²) in [6.45, 7) is 4.85. The first kappa shape index (κ1) is 26.9. The summed E-state index contributed by atoms with van der Waals surface area (Å²) in [4.78, 5) is 28.3. The second-order valence-corrected chi connectivity index (χ2v) is 9.58. The molecule has 2 saturated heterocycles. The van der Waals surface area contributed by atoms with Gasteiger partial charge in [0.25, 0.3) is 0 Å². The molecule has 6 nitrogen and oxygen atoms in total. The SMILES string of the molecule is COC(=O)C1CCCCN(Cc2ccccc2)C1=O.OCC1CCCCN(Cc2ccccc2)C1. The van der Waals surface area contributed by atoms with Crippen LogP contribution in [0.3, 0.4) is 0 Å². The van der Waals surface area contributed by atoms with Crippen LogP contribution < -0.4 is 0 Å². The third-order valence-corrected chi connectivity index (χ3v) is 6.84. The lowest BCUT2D eigenvalue weighted by Gasteiger charge is -2.23.